The topological polar surface area (TPSA) is 62.7 Å². The lowest BCUT2D eigenvalue weighted by molar-refractivity contribution is 0.628. The third kappa shape index (κ3) is 4.03. The van der Waals surface area contributed by atoms with Crippen LogP contribution < -0.4 is 10.6 Å². The first-order chi connectivity index (χ1) is 9.69. The van der Waals surface area contributed by atoms with Crippen molar-refractivity contribution >= 4 is 29.1 Å². The largest absolute Gasteiger partial charge is 0.369 e. The quantitative estimate of drug-likeness (QED) is 0.797. The van der Waals surface area contributed by atoms with Crippen molar-refractivity contribution in [3.63, 3.8) is 0 Å². The highest BCUT2D eigenvalue weighted by Gasteiger charge is 2.04. The molecule has 0 unspecified atom stereocenters. The van der Waals surface area contributed by atoms with E-state index in [1.807, 2.05) is 0 Å². The molecular formula is C13H15ClFN5. The molecule has 5 nitrogen and oxygen atoms in total. The standard InChI is InChI=1S/C13H15ClFN5/c1-2-3-6-16-12-8-17-20-13(19-12)18-9-4-5-11(15)10(14)7-9/h4-5,7-8H,2-3,6H2,1H3,(H2,16,18,19,20). The molecule has 0 saturated heterocycles. The Balaban J connectivity index is 2.05. The van der Waals surface area contributed by atoms with Crippen LogP contribution in [-0.2, 0) is 0 Å². The van der Waals surface area contributed by atoms with E-state index in [1.54, 1.807) is 12.3 Å². The van der Waals surface area contributed by atoms with Crippen LogP contribution in [0, 0.1) is 5.82 Å². The molecule has 106 valence electrons. The average molecular weight is 296 g/mol. The van der Waals surface area contributed by atoms with E-state index in [2.05, 4.69) is 32.7 Å². The Labute approximate surface area is 121 Å². The molecule has 0 spiro atoms. The molecule has 2 aromatic rings. The molecule has 0 fully saturated rings. The van der Waals surface area contributed by atoms with E-state index in [-0.39, 0.29) is 5.02 Å². The van der Waals surface area contributed by atoms with Crippen molar-refractivity contribution in [2.45, 2.75) is 19.8 Å². The Morgan fingerprint density at radius 1 is 1.35 bits per heavy atom. The molecule has 0 radical (unpaired) electrons. The molecule has 2 N–H and O–H groups in total. The number of hydrogen-bond acceptors (Lipinski definition) is 5. The van der Waals surface area contributed by atoms with Crippen LogP contribution in [0.2, 0.25) is 5.02 Å². The first-order valence-corrected chi connectivity index (χ1v) is 6.72. The Hall–Kier alpha value is -1.95. The summed E-state index contributed by atoms with van der Waals surface area (Å²) in [4.78, 5) is 4.26. The highest BCUT2D eigenvalue weighted by molar-refractivity contribution is 6.31. The van der Waals surface area contributed by atoms with Gasteiger partial charge in [-0.25, -0.2) is 4.39 Å². The van der Waals surface area contributed by atoms with Gasteiger partial charge in [-0.1, -0.05) is 24.9 Å². The molecule has 20 heavy (non-hydrogen) atoms. The summed E-state index contributed by atoms with van der Waals surface area (Å²) in [7, 11) is 0. The maximum absolute atomic E-state index is 13.1. The number of halogens is 2. The molecule has 1 aromatic carbocycles. The van der Waals surface area contributed by atoms with Gasteiger partial charge >= 0.3 is 0 Å². The minimum absolute atomic E-state index is 0.0418. The lowest BCUT2D eigenvalue weighted by Crippen LogP contribution is -2.06. The fourth-order valence-corrected chi connectivity index (χ4v) is 1.72. The zero-order valence-electron chi connectivity index (χ0n) is 11.0. The third-order valence-electron chi connectivity index (χ3n) is 2.57. The molecule has 0 amide bonds. The zero-order chi connectivity index (χ0) is 14.4. The molecule has 0 aliphatic carbocycles. The Bertz CT molecular complexity index is 578. The van der Waals surface area contributed by atoms with Gasteiger partial charge in [0.15, 0.2) is 5.82 Å². The molecule has 0 aliphatic heterocycles. The predicted molar refractivity (Wildman–Crippen MR) is 77.9 cm³/mol. The normalized spacial score (nSPS) is 10.3. The summed E-state index contributed by atoms with van der Waals surface area (Å²) in [6, 6.07) is 4.31. The number of anilines is 3. The Morgan fingerprint density at radius 2 is 2.20 bits per heavy atom. The lowest BCUT2D eigenvalue weighted by Gasteiger charge is -2.07. The van der Waals surface area contributed by atoms with Crippen molar-refractivity contribution in [2.75, 3.05) is 17.2 Å². The first-order valence-electron chi connectivity index (χ1n) is 6.34. The maximum Gasteiger partial charge on any atom is 0.249 e. The van der Waals surface area contributed by atoms with Crippen molar-refractivity contribution < 1.29 is 4.39 Å². The molecule has 1 aromatic heterocycles. The van der Waals surface area contributed by atoms with Gasteiger partial charge in [-0.2, -0.15) is 10.1 Å². The number of aromatic nitrogens is 3. The molecule has 1 heterocycles. The third-order valence-corrected chi connectivity index (χ3v) is 2.86. The van der Waals surface area contributed by atoms with Crippen LogP contribution in [-0.4, -0.2) is 21.7 Å². The van der Waals surface area contributed by atoms with Gasteiger partial charge in [0.1, 0.15) is 5.82 Å². The van der Waals surface area contributed by atoms with Crippen molar-refractivity contribution in [3.8, 4) is 0 Å². The van der Waals surface area contributed by atoms with E-state index >= 15 is 0 Å². The molecule has 0 atom stereocenters. The van der Waals surface area contributed by atoms with E-state index < -0.39 is 5.82 Å². The molecular weight excluding hydrogens is 281 g/mol. The summed E-state index contributed by atoms with van der Waals surface area (Å²) in [6.45, 7) is 2.95. The number of nitrogens with zero attached hydrogens (tertiary/aromatic N) is 3. The molecule has 0 aliphatic rings. The predicted octanol–water partition coefficient (Wildman–Crippen LogP) is 3.62. The minimum Gasteiger partial charge on any atom is -0.369 e. The summed E-state index contributed by atoms with van der Waals surface area (Å²) >= 11 is 5.71. The summed E-state index contributed by atoms with van der Waals surface area (Å²) in [5.74, 6) is 0.504. The van der Waals surface area contributed by atoms with Gasteiger partial charge in [-0.3, -0.25) is 0 Å². The van der Waals surface area contributed by atoms with E-state index in [9.17, 15) is 4.39 Å². The van der Waals surface area contributed by atoms with Gasteiger partial charge in [0.25, 0.3) is 0 Å². The monoisotopic (exact) mass is 295 g/mol. The van der Waals surface area contributed by atoms with Gasteiger partial charge in [-0.15, -0.1) is 5.10 Å². The number of rotatable bonds is 6. The maximum atomic E-state index is 13.1. The Morgan fingerprint density at radius 3 is 2.95 bits per heavy atom. The highest BCUT2D eigenvalue weighted by atomic mass is 35.5. The van der Waals surface area contributed by atoms with Crippen LogP contribution in [0.3, 0.4) is 0 Å². The van der Waals surface area contributed by atoms with Crippen LogP contribution in [0.4, 0.5) is 21.8 Å². The van der Waals surface area contributed by atoms with E-state index in [0.717, 1.165) is 19.4 Å². The van der Waals surface area contributed by atoms with Crippen LogP contribution in [0.5, 0.6) is 0 Å². The number of unbranched alkanes of at least 4 members (excludes halogenated alkanes) is 1. The SMILES string of the molecule is CCCCNc1cnnc(Nc2ccc(F)c(Cl)c2)n1. The smallest absolute Gasteiger partial charge is 0.249 e. The zero-order valence-corrected chi connectivity index (χ0v) is 11.8. The van der Waals surface area contributed by atoms with Gasteiger partial charge in [-0.05, 0) is 24.6 Å². The van der Waals surface area contributed by atoms with Gasteiger partial charge in [0, 0.05) is 12.2 Å². The molecule has 2 rings (SSSR count). The summed E-state index contributed by atoms with van der Waals surface area (Å²) in [5, 5.41) is 13.8. The van der Waals surface area contributed by atoms with Crippen molar-refractivity contribution in [1.29, 1.82) is 0 Å². The van der Waals surface area contributed by atoms with Crippen LogP contribution >= 0.6 is 11.6 Å². The van der Waals surface area contributed by atoms with Crippen LogP contribution in [0.15, 0.2) is 24.4 Å². The Kier molecular flexibility index (Phi) is 5.06. The highest BCUT2D eigenvalue weighted by Crippen LogP contribution is 2.21. The van der Waals surface area contributed by atoms with E-state index in [4.69, 9.17) is 11.6 Å². The second-order valence-corrected chi connectivity index (χ2v) is 4.61. The fourth-order valence-electron chi connectivity index (χ4n) is 1.54. The minimum atomic E-state index is -0.466. The molecule has 7 heteroatoms. The lowest BCUT2D eigenvalue weighted by atomic mass is 10.3. The summed E-state index contributed by atoms with van der Waals surface area (Å²) < 4.78 is 13.1. The van der Waals surface area contributed by atoms with Crippen molar-refractivity contribution in [3.05, 3.63) is 35.2 Å². The van der Waals surface area contributed by atoms with Gasteiger partial charge in [0.05, 0.1) is 11.2 Å². The van der Waals surface area contributed by atoms with Crippen LogP contribution in [0.1, 0.15) is 19.8 Å². The van der Waals surface area contributed by atoms with Crippen molar-refractivity contribution in [1.82, 2.24) is 15.2 Å². The summed E-state index contributed by atoms with van der Waals surface area (Å²) in [5.41, 5.74) is 0.601. The number of nitrogens with one attached hydrogen (secondary N) is 2. The fraction of sp³-hybridized carbons (Fsp3) is 0.308. The van der Waals surface area contributed by atoms with Crippen LogP contribution in [0.25, 0.3) is 0 Å². The number of hydrogen-bond donors (Lipinski definition) is 2. The second-order valence-electron chi connectivity index (χ2n) is 4.20. The van der Waals surface area contributed by atoms with Gasteiger partial charge < -0.3 is 10.6 Å². The first kappa shape index (κ1) is 14.5. The van der Waals surface area contributed by atoms with E-state index in [1.165, 1.54) is 12.1 Å². The second kappa shape index (κ2) is 7.00. The van der Waals surface area contributed by atoms with E-state index in [0.29, 0.717) is 17.5 Å². The summed E-state index contributed by atoms with van der Waals surface area (Å²) in [6.07, 6.45) is 3.71. The number of benzene rings is 1. The molecule has 0 bridgehead atoms. The average Bonchev–Trinajstić information content (AvgIpc) is 2.44. The molecule has 0 saturated carbocycles. The van der Waals surface area contributed by atoms with Crippen molar-refractivity contribution in [2.24, 2.45) is 0 Å². The van der Waals surface area contributed by atoms with Gasteiger partial charge in [0.2, 0.25) is 5.95 Å².